The second-order valence-electron chi connectivity index (χ2n) is 5.20. The Morgan fingerprint density at radius 2 is 2.25 bits per heavy atom. The Balaban J connectivity index is 1.98. The number of amides is 1. The van der Waals surface area contributed by atoms with Crippen LogP contribution < -0.4 is 10.6 Å². The van der Waals surface area contributed by atoms with Crippen molar-refractivity contribution in [1.82, 2.24) is 5.32 Å². The van der Waals surface area contributed by atoms with Gasteiger partial charge in [-0.1, -0.05) is 11.6 Å². The van der Waals surface area contributed by atoms with E-state index in [1.165, 1.54) is 19.2 Å². The summed E-state index contributed by atoms with van der Waals surface area (Å²) >= 11 is 7.54. The van der Waals surface area contributed by atoms with E-state index in [2.05, 4.69) is 10.6 Å². The number of rotatable bonds is 6. The molecule has 1 heterocycles. The zero-order valence-electron chi connectivity index (χ0n) is 12.8. The Labute approximate surface area is 147 Å². The van der Waals surface area contributed by atoms with E-state index in [1.54, 1.807) is 11.8 Å². The summed E-state index contributed by atoms with van der Waals surface area (Å²) in [5.74, 6) is 0.531. The number of anilines is 1. The third-order valence-corrected chi connectivity index (χ3v) is 5.13. The molecule has 8 nitrogen and oxygen atoms in total. The number of esters is 1. The first-order chi connectivity index (χ1) is 11.4. The Hall–Kier alpha value is -1.84. The van der Waals surface area contributed by atoms with Crippen molar-refractivity contribution in [3.63, 3.8) is 0 Å². The first kappa shape index (κ1) is 18.5. The van der Waals surface area contributed by atoms with Gasteiger partial charge in [-0.2, -0.15) is 11.8 Å². The van der Waals surface area contributed by atoms with Gasteiger partial charge in [-0.05, 0) is 18.2 Å². The molecule has 0 radical (unpaired) electrons. The first-order valence-corrected chi connectivity index (χ1v) is 8.56. The number of ether oxygens (including phenoxy) is 1. The molecule has 2 rings (SSSR count). The van der Waals surface area contributed by atoms with Crippen LogP contribution in [0.1, 0.15) is 6.42 Å². The molecule has 1 unspecified atom stereocenters. The van der Waals surface area contributed by atoms with E-state index < -0.39 is 22.3 Å². The van der Waals surface area contributed by atoms with Crippen molar-refractivity contribution in [3.8, 4) is 0 Å². The van der Waals surface area contributed by atoms with E-state index in [0.29, 0.717) is 12.2 Å². The summed E-state index contributed by atoms with van der Waals surface area (Å²) in [6.45, 7) is -0.108. The van der Waals surface area contributed by atoms with Crippen molar-refractivity contribution in [2.24, 2.45) is 0 Å². The van der Waals surface area contributed by atoms with Crippen molar-refractivity contribution >= 4 is 46.6 Å². The van der Waals surface area contributed by atoms with Gasteiger partial charge < -0.3 is 10.1 Å². The molecular weight excluding hydrogens is 358 g/mol. The van der Waals surface area contributed by atoms with Crippen LogP contribution >= 0.6 is 23.4 Å². The Kier molecular flexibility index (Phi) is 6.03. The minimum atomic E-state index is -0.865. The predicted molar refractivity (Wildman–Crippen MR) is 91.4 cm³/mol. The Morgan fingerprint density at radius 1 is 1.50 bits per heavy atom. The number of nitro groups is 1. The van der Waals surface area contributed by atoms with Crippen LogP contribution in [0.4, 0.5) is 11.4 Å². The fourth-order valence-corrected chi connectivity index (χ4v) is 3.87. The lowest BCUT2D eigenvalue weighted by atomic mass is 9.99. The first-order valence-electron chi connectivity index (χ1n) is 7.03. The maximum absolute atomic E-state index is 12.1. The molecule has 1 aromatic rings. The normalized spacial score (nSPS) is 19.8. The summed E-state index contributed by atoms with van der Waals surface area (Å²) in [7, 11) is 1.31. The minimum absolute atomic E-state index is 0.0663. The quantitative estimate of drug-likeness (QED) is 0.444. The second-order valence-corrected chi connectivity index (χ2v) is 6.71. The molecule has 0 saturated carbocycles. The van der Waals surface area contributed by atoms with Crippen LogP contribution in [0.15, 0.2) is 18.2 Å². The van der Waals surface area contributed by atoms with Crippen LogP contribution in [0.3, 0.4) is 0 Å². The monoisotopic (exact) mass is 373 g/mol. The number of nitrogens with zero attached hydrogens (tertiary/aromatic N) is 1. The van der Waals surface area contributed by atoms with E-state index in [-0.39, 0.29) is 22.9 Å². The van der Waals surface area contributed by atoms with E-state index in [0.717, 1.165) is 11.8 Å². The molecule has 1 saturated heterocycles. The molecule has 0 aliphatic carbocycles. The number of hydrogen-bond donors (Lipinski definition) is 2. The van der Waals surface area contributed by atoms with Crippen LogP contribution in [0.5, 0.6) is 0 Å². The average Bonchev–Trinajstić information content (AvgIpc) is 3.04. The smallest absolute Gasteiger partial charge is 0.326 e. The Bertz CT molecular complexity index is 664. The fourth-order valence-electron chi connectivity index (χ4n) is 2.30. The lowest BCUT2D eigenvalue weighted by Crippen LogP contribution is -2.55. The highest BCUT2D eigenvalue weighted by atomic mass is 35.5. The molecule has 0 bridgehead atoms. The number of carbonyl (C=O) groups is 2. The molecule has 24 heavy (non-hydrogen) atoms. The van der Waals surface area contributed by atoms with Crippen LogP contribution in [-0.4, -0.2) is 47.5 Å². The lowest BCUT2D eigenvalue weighted by molar-refractivity contribution is -0.384. The molecule has 0 aromatic heterocycles. The van der Waals surface area contributed by atoms with E-state index in [4.69, 9.17) is 16.3 Å². The lowest BCUT2D eigenvalue weighted by Gasteiger charge is -2.26. The standard InChI is InChI=1S/C14H16ClN3O5S/c1-23-13(20)14(4-5-24-8-14)16-7-12(19)17-11-3-2-9(18(21)22)6-10(11)15/h2-3,6,16H,4-5,7-8H2,1H3,(H,17,19). The van der Waals surface area contributed by atoms with Gasteiger partial charge in [0.25, 0.3) is 5.69 Å². The van der Waals surface area contributed by atoms with E-state index in [9.17, 15) is 19.7 Å². The highest BCUT2D eigenvalue weighted by Gasteiger charge is 2.42. The number of halogens is 1. The molecule has 1 atom stereocenters. The molecule has 10 heteroatoms. The SMILES string of the molecule is COC(=O)C1(NCC(=O)Nc2ccc([N+](=O)[O-])cc2Cl)CCSC1. The third-order valence-electron chi connectivity index (χ3n) is 3.62. The molecule has 1 aliphatic rings. The molecule has 130 valence electrons. The van der Waals surface area contributed by atoms with Gasteiger partial charge in [-0.25, -0.2) is 0 Å². The van der Waals surface area contributed by atoms with Gasteiger partial charge in [0.2, 0.25) is 5.91 Å². The summed E-state index contributed by atoms with van der Waals surface area (Å²) in [6.07, 6.45) is 0.579. The summed E-state index contributed by atoms with van der Waals surface area (Å²) in [4.78, 5) is 34.1. The van der Waals surface area contributed by atoms with Gasteiger partial charge in [0.05, 0.1) is 29.3 Å². The summed E-state index contributed by atoms with van der Waals surface area (Å²) in [5.41, 5.74) is -0.763. The van der Waals surface area contributed by atoms with Crippen molar-refractivity contribution in [3.05, 3.63) is 33.3 Å². The molecule has 1 fully saturated rings. The predicted octanol–water partition coefficient (Wildman–Crippen LogP) is 1.82. The number of benzene rings is 1. The molecule has 2 N–H and O–H groups in total. The number of carbonyl (C=O) groups excluding carboxylic acids is 2. The van der Waals surface area contributed by atoms with Gasteiger partial charge in [0, 0.05) is 17.9 Å². The second kappa shape index (κ2) is 7.82. The summed E-state index contributed by atoms with van der Waals surface area (Å²) in [5, 5.41) is 16.2. The average molecular weight is 374 g/mol. The number of hydrogen-bond acceptors (Lipinski definition) is 7. The van der Waals surface area contributed by atoms with Gasteiger partial charge in [0.1, 0.15) is 5.54 Å². The third kappa shape index (κ3) is 4.16. The van der Waals surface area contributed by atoms with Gasteiger partial charge in [-0.15, -0.1) is 0 Å². The van der Waals surface area contributed by atoms with Crippen molar-refractivity contribution in [2.75, 3.05) is 30.5 Å². The van der Waals surface area contributed by atoms with Crippen LogP contribution in [0.2, 0.25) is 5.02 Å². The summed E-state index contributed by atoms with van der Waals surface area (Å²) in [6, 6.07) is 3.77. The van der Waals surface area contributed by atoms with Crippen molar-refractivity contribution < 1.29 is 19.2 Å². The number of nitro benzene ring substituents is 1. The largest absolute Gasteiger partial charge is 0.468 e. The molecule has 0 spiro atoms. The fraction of sp³-hybridized carbons (Fsp3) is 0.429. The van der Waals surface area contributed by atoms with Gasteiger partial charge in [0.15, 0.2) is 0 Å². The zero-order chi connectivity index (χ0) is 17.7. The highest BCUT2D eigenvalue weighted by Crippen LogP contribution is 2.29. The molecule has 1 aromatic carbocycles. The number of nitrogens with one attached hydrogen (secondary N) is 2. The molecule has 1 aliphatic heterocycles. The number of methoxy groups -OCH3 is 1. The molecular formula is C14H16ClN3O5S. The maximum atomic E-state index is 12.1. The van der Waals surface area contributed by atoms with Crippen LogP contribution in [-0.2, 0) is 14.3 Å². The number of thioether (sulfide) groups is 1. The summed E-state index contributed by atoms with van der Waals surface area (Å²) < 4.78 is 4.81. The van der Waals surface area contributed by atoms with Crippen LogP contribution in [0, 0.1) is 10.1 Å². The number of non-ortho nitro benzene ring substituents is 1. The van der Waals surface area contributed by atoms with Crippen molar-refractivity contribution in [2.45, 2.75) is 12.0 Å². The van der Waals surface area contributed by atoms with Crippen molar-refractivity contribution in [1.29, 1.82) is 0 Å². The topological polar surface area (TPSA) is 111 Å². The minimum Gasteiger partial charge on any atom is -0.468 e. The highest BCUT2D eigenvalue weighted by molar-refractivity contribution is 7.99. The molecule has 1 amide bonds. The van der Waals surface area contributed by atoms with Crippen LogP contribution in [0.25, 0.3) is 0 Å². The van der Waals surface area contributed by atoms with Gasteiger partial charge in [-0.3, -0.25) is 25.0 Å². The van der Waals surface area contributed by atoms with E-state index in [1.807, 2.05) is 0 Å². The maximum Gasteiger partial charge on any atom is 0.326 e. The Morgan fingerprint density at radius 3 is 2.79 bits per heavy atom. The van der Waals surface area contributed by atoms with Gasteiger partial charge >= 0.3 is 5.97 Å². The van der Waals surface area contributed by atoms with E-state index >= 15 is 0 Å². The zero-order valence-corrected chi connectivity index (χ0v) is 14.4.